The van der Waals surface area contributed by atoms with Crippen molar-refractivity contribution in [2.75, 3.05) is 7.05 Å². The van der Waals surface area contributed by atoms with Crippen molar-refractivity contribution in [1.29, 1.82) is 0 Å². The lowest BCUT2D eigenvalue weighted by atomic mass is 9.99. The zero-order chi connectivity index (χ0) is 16.2. The summed E-state index contributed by atoms with van der Waals surface area (Å²) in [5.41, 5.74) is 3.19. The van der Waals surface area contributed by atoms with Crippen LogP contribution in [0.5, 0.6) is 5.75 Å². The Kier molecular flexibility index (Phi) is 4.49. The van der Waals surface area contributed by atoms with E-state index in [-0.39, 0.29) is 11.8 Å². The van der Waals surface area contributed by atoms with Gasteiger partial charge in [0.15, 0.2) is 0 Å². The van der Waals surface area contributed by atoms with Gasteiger partial charge in [0.25, 0.3) is 0 Å². The van der Waals surface area contributed by atoms with E-state index in [4.69, 9.17) is 4.42 Å². The van der Waals surface area contributed by atoms with Crippen LogP contribution < -0.4 is 0 Å². The topological polar surface area (TPSA) is 36.6 Å². The molecule has 3 heteroatoms. The molecule has 0 aliphatic heterocycles. The molecule has 1 atom stereocenters. The number of rotatable bonds is 5. The number of hydrogen-bond donors (Lipinski definition) is 1. The fourth-order valence-electron chi connectivity index (χ4n) is 2.91. The van der Waals surface area contributed by atoms with Crippen LogP contribution in [0, 0.1) is 6.92 Å². The smallest absolute Gasteiger partial charge is 0.125 e. The first-order chi connectivity index (χ1) is 11.1. The quantitative estimate of drug-likeness (QED) is 0.753. The van der Waals surface area contributed by atoms with E-state index in [0.717, 1.165) is 23.4 Å². The van der Waals surface area contributed by atoms with Gasteiger partial charge in [-0.15, -0.1) is 0 Å². The average molecular weight is 307 g/mol. The molecule has 0 aliphatic carbocycles. The maximum atomic E-state index is 10.4. The molecule has 3 nitrogen and oxygen atoms in total. The molecule has 23 heavy (non-hydrogen) atoms. The van der Waals surface area contributed by atoms with Gasteiger partial charge in [-0.1, -0.05) is 48.0 Å². The largest absolute Gasteiger partial charge is 0.508 e. The Morgan fingerprint density at radius 3 is 2.52 bits per heavy atom. The van der Waals surface area contributed by atoms with Gasteiger partial charge in [0.2, 0.25) is 0 Å². The fourth-order valence-corrected chi connectivity index (χ4v) is 2.91. The van der Waals surface area contributed by atoms with Gasteiger partial charge in [0.1, 0.15) is 11.5 Å². The Bertz CT molecular complexity index is 751. The summed E-state index contributed by atoms with van der Waals surface area (Å²) in [4.78, 5) is 2.18. The van der Waals surface area contributed by atoms with Crippen LogP contribution in [0.2, 0.25) is 0 Å². The summed E-state index contributed by atoms with van der Waals surface area (Å²) >= 11 is 0. The van der Waals surface area contributed by atoms with Gasteiger partial charge >= 0.3 is 0 Å². The summed E-state index contributed by atoms with van der Waals surface area (Å²) in [5, 5.41) is 10.4. The highest BCUT2D eigenvalue weighted by Crippen LogP contribution is 2.35. The molecule has 0 spiro atoms. The number of benzene rings is 2. The second kappa shape index (κ2) is 6.71. The molecular weight excluding hydrogens is 286 g/mol. The molecule has 0 radical (unpaired) electrons. The Labute approximate surface area is 136 Å². The molecule has 1 heterocycles. The van der Waals surface area contributed by atoms with Gasteiger partial charge in [-0.2, -0.15) is 0 Å². The van der Waals surface area contributed by atoms with Crippen LogP contribution in [-0.2, 0) is 6.54 Å². The Hall–Kier alpha value is -2.52. The Morgan fingerprint density at radius 1 is 1.04 bits per heavy atom. The van der Waals surface area contributed by atoms with E-state index in [1.165, 1.54) is 5.56 Å². The summed E-state index contributed by atoms with van der Waals surface area (Å²) < 4.78 is 5.65. The summed E-state index contributed by atoms with van der Waals surface area (Å²) in [6.07, 6.45) is 1.67. The molecule has 1 aromatic heterocycles. The molecule has 0 amide bonds. The lowest BCUT2D eigenvalue weighted by Crippen LogP contribution is -2.25. The zero-order valence-corrected chi connectivity index (χ0v) is 13.4. The van der Waals surface area contributed by atoms with Crippen molar-refractivity contribution in [3.05, 3.63) is 89.4 Å². The van der Waals surface area contributed by atoms with Crippen LogP contribution in [0.1, 0.15) is 28.5 Å². The molecule has 0 fully saturated rings. The van der Waals surface area contributed by atoms with E-state index in [9.17, 15) is 5.11 Å². The first kappa shape index (κ1) is 15.4. The third-order valence-electron chi connectivity index (χ3n) is 4.01. The minimum Gasteiger partial charge on any atom is -0.508 e. The molecule has 3 rings (SSSR count). The first-order valence-corrected chi connectivity index (χ1v) is 7.72. The number of nitrogens with zero attached hydrogens (tertiary/aromatic N) is 1. The third kappa shape index (κ3) is 3.46. The number of aromatic hydroxyl groups is 1. The van der Waals surface area contributed by atoms with Crippen LogP contribution in [0.4, 0.5) is 0 Å². The first-order valence-electron chi connectivity index (χ1n) is 7.72. The number of hydrogen-bond acceptors (Lipinski definition) is 3. The third-order valence-corrected chi connectivity index (χ3v) is 4.01. The van der Waals surface area contributed by atoms with Crippen molar-refractivity contribution in [2.24, 2.45) is 0 Å². The van der Waals surface area contributed by atoms with Crippen LogP contribution in [0.3, 0.4) is 0 Å². The molecule has 0 bridgehead atoms. The Balaban J connectivity index is 1.97. The van der Waals surface area contributed by atoms with E-state index >= 15 is 0 Å². The minimum atomic E-state index is -0.134. The molecular formula is C20H21NO2. The molecule has 1 N–H and O–H groups in total. The van der Waals surface area contributed by atoms with Gasteiger partial charge in [-0.3, -0.25) is 4.90 Å². The maximum absolute atomic E-state index is 10.4. The number of aryl methyl sites for hydroxylation is 1. The van der Waals surface area contributed by atoms with E-state index in [1.807, 2.05) is 56.4 Å². The van der Waals surface area contributed by atoms with E-state index < -0.39 is 0 Å². The van der Waals surface area contributed by atoms with Crippen molar-refractivity contribution in [3.8, 4) is 5.75 Å². The van der Waals surface area contributed by atoms with Gasteiger partial charge < -0.3 is 9.52 Å². The second-order valence-corrected chi connectivity index (χ2v) is 5.88. The van der Waals surface area contributed by atoms with Gasteiger partial charge in [-0.25, -0.2) is 0 Å². The lowest BCUT2D eigenvalue weighted by molar-refractivity contribution is 0.236. The molecule has 0 saturated carbocycles. The van der Waals surface area contributed by atoms with Crippen molar-refractivity contribution in [2.45, 2.75) is 19.5 Å². The molecule has 0 aliphatic rings. The van der Waals surface area contributed by atoms with Crippen molar-refractivity contribution in [1.82, 2.24) is 4.90 Å². The van der Waals surface area contributed by atoms with E-state index in [0.29, 0.717) is 0 Å². The summed E-state index contributed by atoms with van der Waals surface area (Å²) in [6, 6.07) is 19.7. The van der Waals surface area contributed by atoms with E-state index in [2.05, 4.69) is 17.0 Å². The van der Waals surface area contributed by atoms with Gasteiger partial charge in [-0.05, 0) is 37.7 Å². The van der Waals surface area contributed by atoms with Crippen LogP contribution in [0.15, 0.2) is 71.3 Å². The average Bonchev–Trinajstić information content (AvgIpc) is 3.06. The van der Waals surface area contributed by atoms with Gasteiger partial charge in [0, 0.05) is 12.1 Å². The molecule has 118 valence electrons. The molecule has 1 unspecified atom stereocenters. The highest BCUT2D eigenvalue weighted by molar-refractivity contribution is 5.41. The molecule has 3 aromatic rings. The fraction of sp³-hybridized carbons (Fsp3) is 0.200. The van der Waals surface area contributed by atoms with Crippen molar-refractivity contribution in [3.63, 3.8) is 0 Å². The molecule has 0 saturated heterocycles. The maximum Gasteiger partial charge on any atom is 0.125 e. The number of phenolic OH excluding ortho intramolecular Hbond substituents is 1. The summed E-state index contributed by atoms with van der Waals surface area (Å²) in [6.45, 7) is 2.79. The summed E-state index contributed by atoms with van der Waals surface area (Å²) in [5.74, 6) is 1.11. The number of furan rings is 1. The lowest BCUT2D eigenvalue weighted by Gasteiger charge is -2.27. The highest BCUT2D eigenvalue weighted by Gasteiger charge is 2.24. The highest BCUT2D eigenvalue weighted by atomic mass is 16.3. The molecule has 2 aromatic carbocycles. The second-order valence-electron chi connectivity index (χ2n) is 5.88. The monoisotopic (exact) mass is 307 g/mol. The van der Waals surface area contributed by atoms with Crippen LogP contribution in [0.25, 0.3) is 0 Å². The van der Waals surface area contributed by atoms with Crippen LogP contribution >= 0.6 is 0 Å². The standard InChI is InChI=1S/C20H21NO2/c1-15-10-11-18(22)17(13-15)20(19-9-6-12-23-19)21(2)14-16-7-4-3-5-8-16/h3-13,20,22H,14H2,1-2H3. The van der Waals surface area contributed by atoms with Crippen molar-refractivity contribution >= 4 is 0 Å². The minimum absolute atomic E-state index is 0.134. The Morgan fingerprint density at radius 2 is 1.83 bits per heavy atom. The van der Waals surface area contributed by atoms with Crippen LogP contribution in [-0.4, -0.2) is 17.1 Å². The predicted octanol–water partition coefficient (Wildman–Crippen LogP) is 4.52. The normalized spacial score (nSPS) is 12.5. The van der Waals surface area contributed by atoms with Crippen molar-refractivity contribution < 1.29 is 9.52 Å². The van der Waals surface area contributed by atoms with E-state index in [1.54, 1.807) is 12.3 Å². The summed E-state index contributed by atoms with van der Waals surface area (Å²) in [7, 11) is 2.04. The van der Waals surface area contributed by atoms with Gasteiger partial charge in [0.05, 0.1) is 12.3 Å². The number of phenols is 1. The zero-order valence-electron chi connectivity index (χ0n) is 13.4. The SMILES string of the molecule is Cc1ccc(O)c(C(c2ccco2)N(C)Cc2ccccc2)c1. The predicted molar refractivity (Wildman–Crippen MR) is 91.3 cm³/mol.